The smallest absolute Gasteiger partial charge is 0.115 e. The summed E-state index contributed by atoms with van der Waals surface area (Å²) in [5.74, 6) is 0. The molecule has 0 aromatic heterocycles. The molecule has 0 saturated carbocycles. The molecular weight excluding hydrogens is 228 g/mol. The zero-order valence-electron chi connectivity index (χ0n) is 12.6. The Kier molecular flexibility index (Phi) is 8.78. The molecule has 0 aromatic carbocycles. The van der Waals surface area contributed by atoms with Crippen molar-refractivity contribution in [3.8, 4) is 0 Å². The van der Waals surface area contributed by atoms with Gasteiger partial charge >= 0.3 is 0 Å². The van der Waals surface area contributed by atoms with E-state index in [2.05, 4.69) is 13.8 Å². The van der Waals surface area contributed by atoms with Gasteiger partial charge in [0, 0.05) is 13.5 Å². The van der Waals surface area contributed by atoms with Gasteiger partial charge < -0.3 is 20.9 Å². The summed E-state index contributed by atoms with van der Waals surface area (Å²) in [5.41, 5.74) is 10.7. The van der Waals surface area contributed by atoms with Crippen LogP contribution in [-0.2, 0) is 9.47 Å². The molecule has 4 heteroatoms. The molecule has 0 saturated heterocycles. The molecule has 0 aliphatic carbocycles. The fourth-order valence-electron chi connectivity index (χ4n) is 1.75. The van der Waals surface area contributed by atoms with E-state index in [4.69, 9.17) is 20.9 Å². The Morgan fingerprint density at radius 2 is 1.56 bits per heavy atom. The molecule has 18 heavy (non-hydrogen) atoms. The molecule has 0 aliphatic rings. The first-order valence-electron chi connectivity index (χ1n) is 7.01. The molecule has 0 radical (unpaired) electrons. The van der Waals surface area contributed by atoms with E-state index in [0.29, 0.717) is 13.0 Å². The van der Waals surface area contributed by atoms with Gasteiger partial charge in [0.25, 0.3) is 0 Å². The van der Waals surface area contributed by atoms with Gasteiger partial charge in [-0.1, -0.05) is 19.3 Å². The molecule has 0 heterocycles. The Morgan fingerprint density at radius 1 is 0.944 bits per heavy atom. The van der Waals surface area contributed by atoms with Crippen LogP contribution in [0.1, 0.15) is 59.3 Å². The van der Waals surface area contributed by atoms with Crippen LogP contribution in [0.2, 0.25) is 0 Å². The second-order valence-electron chi connectivity index (χ2n) is 5.83. The van der Waals surface area contributed by atoms with Crippen LogP contribution in [0.3, 0.4) is 0 Å². The van der Waals surface area contributed by atoms with E-state index in [9.17, 15) is 0 Å². The molecule has 0 spiro atoms. The topological polar surface area (TPSA) is 70.5 Å². The Bertz CT molecular complexity index is 206. The van der Waals surface area contributed by atoms with Crippen molar-refractivity contribution in [2.24, 2.45) is 11.5 Å². The highest BCUT2D eigenvalue weighted by Crippen LogP contribution is 2.20. The first-order valence-corrected chi connectivity index (χ1v) is 7.01. The summed E-state index contributed by atoms with van der Waals surface area (Å²) in [7, 11) is 1.63. The maximum Gasteiger partial charge on any atom is 0.115 e. The molecule has 1 unspecified atom stereocenters. The minimum absolute atomic E-state index is 0.0768. The summed E-state index contributed by atoms with van der Waals surface area (Å²) in [4.78, 5) is 0. The molecule has 0 amide bonds. The average Bonchev–Trinajstić information content (AvgIpc) is 2.28. The summed E-state index contributed by atoms with van der Waals surface area (Å²) in [6, 6.07) is 0. The monoisotopic (exact) mass is 260 g/mol. The highest BCUT2D eigenvalue weighted by atomic mass is 16.5. The number of nitrogens with two attached hydrogens (primary N) is 2. The minimum Gasteiger partial charge on any atom is -0.375 e. The zero-order valence-corrected chi connectivity index (χ0v) is 12.6. The molecule has 0 bridgehead atoms. The summed E-state index contributed by atoms with van der Waals surface area (Å²) >= 11 is 0. The highest BCUT2D eigenvalue weighted by molar-refractivity contribution is 4.71. The molecule has 0 rings (SSSR count). The van der Waals surface area contributed by atoms with E-state index >= 15 is 0 Å². The van der Waals surface area contributed by atoms with Crippen molar-refractivity contribution < 1.29 is 9.47 Å². The standard InChI is InChI=1S/C14H32N2O2/c1-13(2,9-7-5-6-8-11-15)18-12-10-14(3,16)17-4/h5-12,15-16H2,1-4H3. The van der Waals surface area contributed by atoms with E-state index in [0.717, 1.165) is 19.4 Å². The number of unbranched alkanes of at least 4 members (excludes halogenated alkanes) is 3. The van der Waals surface area contributed by atoms with Crippen molar-refractivity contribution >= 4 is 0 Å². The van der Waals surface area contributed by atoms with Crippen LogP contribution in [0, 0.1) is 0 Å². The van der Waals surface area contributed by atoms with Crippen molar-refractivity contribution in [2.75, 3.05) is 20.3 Å². The molecule has 4 nitrogen and oxygen atoms in total. The third kappa shape index (κ3) is 9.83. The molecule has 0 aliphatic heterocycles. The summed E-state index contributed by atoms with van der Waals surface area (Å²) in [6.45, 7) is 7.58. The van der Waals surface area contributed by atoms with Gasteiger partial charge in [0.2, 0.25) is 0 Å². The van der Waals surface area contributed by atoms with E-state index in [1.54, 1.807) is 7.11 Å². The lowest BCUT2D eigenvalue weighted by molar-refractivity contribution is -0.0659. The van der Waals surface area contributed by atoms with Crippen LogP contribution in [-0.4, -0.2) is 31.6 Å². The quantitative estimate of drug-likeness (QED) is 0.442. The lowest BCUT2D eigenvalue weighted by Crippen LogP contribution is -2.40. The lowest BCUT2D eigenvalue weighted by atomic mass is 9.99. The second-order valence-corrected chi connectivity index (χ2v) is 5.83. The fraction of sp³-hybridized carbons (Fsp3) is 1.00. The van der Waals surface area contributed by atoms with E-state index in [-0.39, 0.29) is 5.60 Å². The van der Waals surface area contributed by atoms with E-state index in [1.807, 2.05) is 6.92 Å². The van der Waals surface area contributed by atoms with Crippen LogP contribution < -0.4 is 11.5 Å². The van der Waals surface area contributed by atoms with Crippen LogP contribution in [0.5, 0.6) is 0 Å². The first-order chi connectivity index (χ1) is 8.33. The van der Waals surface area contributed by atoms with Gasteiger partial charge in [-0.05, 0) is 40.2 Å². The van der Waals surface area contributed by atoms with Crippen molar-refractivity contribution in [3.05, 3.63) is 0 Å². The number of ether oxygens (including phenoxy) is 2. The minimum atomic E-state index is -0.586. The maximum absolute atomic E-state index is 5.89. The van der Waals surface area contributed by atoms with Crippen molar-refractivity contribution in [2.45, 2.75) is 70.6 Å². The molecule has 0 fully saturated rings. The van der Waals surface area contributed by atoms with Crippen LogP contribution in [0.4, 0.5) is 0 Å². The predicted molar refractivity (Wildman–Crippen MR) is 76.4 cm³/mol. The van der Waals surface area contributed by atoms with Gasteiger partial charge in [0.05, 0.1) is 12.2 Å². The highest BCUT2D eigenvalue weighted by Gasteiger charge is 2.21. The molecule has 0 aromatic rings. The summed E-state index contributed by atoms with van der Waals surface area (Å²) in [5, 5.41) is 0. The maximum atomic E-state index is 5.89. The van der Waals surface area contributed by atoms with E-state index < -0.39 is 5.72 Å². The van der Waals surface area contributed by atoms with Gasteiger partial charge in [-0.25, -0.2) is 0 Å². The van der Waals surface area contributed by atoms with Crippen molar-refractivity contribution in [1.29, 1.82) is 0 Å². The Hall–Kier alpha value is -0.160. The normalized spacial score (nSPS) is 15.7. The summed E-state index contributed by atoms with van der Waals surface area (Å²) < 4.78 is 11.1. The molecular formula is C14H32N2O2. The van der Waals surface area contributed by atoms with Gasteiger partial charge in [-0.3, -0.25) is 0 Å². The number of hydrogen-bond donors (Lipinski definition) is 2. The third-order valence-corrected chi connectivity index (χ3v) is 3.29. The van der Waals surface area contributed by atoms with Gasteiger partial charge in [-0.2, -0.15) is 0 Å². The van der Waals surface area contributed by atoms with Crippen molar-refractivity contribution in [1.82, 2.24) is 0 Å². The average molecular weight is 260 g/mol. The largest absolute Gasteiger partial charge is 0.375 e. The molecule has 1 atom stereocenters. The van der Waals surface area contributed by atoms with Crippen LogP contribution in [0.15, 0.2) is 0 Å². The van der Waals surface area contributed by atoms with Crippen molar-refractivity contribution in [3.63, 3.8) is 0 Å². The van der Waals surface area contributed by atoms with Gasteiger partial charge in [0.15, 0.2) is 0 Å². The lowest BCUT2D eigenvalue weighted by Gasteiger charge is -2.28. The molecule has 110 valence electrons. The number of hydrogen-bond acceptors (Lipinski definition) is 4. The third-order valence-electron chi connectivity index (χ3n) is 3.29. The second kappa shape index (κ2) is 8.86. The van der Waals surface area contributed by atoms with E-state index in [1.165, 1.54) is 19.3 Å². The summed E-state index contributed by atoms with van der Waals surface area (Å²) in [6.07, 6.45) is 6.55. The Balaban J connectivity index is 3.66. The Labute approximate surface area is 112 Å². The number of methoxy groups -OCH3 is 1. The van der Waals surface area contributed by atoms with Crippen LogP contribution in [0.25, 0.3) is 0 Å². The molecule has 4 N–H and O–H groups in total. The zero-order chi connectivity index (χ0) is 14.1. The predicted octanol–water partition coefficient (Wildman–Crippen LogP) is 2.40. The van der Waals surface area contributed by atoms with Gasteiger partial charge in [-0.15, -0.1) is 0 Å². The number of rotatable bonds is 11. The van der Waals surface area contributed by atoms with Crippen LogP contribution >= 0.6 is 0 Å². The SMILES string of the molecule is COC(C)(N)CCOC(C)(C)CCCCCCN. The van der Waals surface area contributed by atoms with Gasteiger partial charge in [0.1, 0.15) is 5.72 Å². The first kappa shape index (κ1) is 17.8. The Morgan fingerprint density at radius 3 is 2.11 bits per heavy atom. The fourth-order valence-corrected chi connectivity index (χ4v) is 1.75.